The zero-order chi connectivity index (χ0) is 14.7. The van der Waals surface area contributed by atoms with E-state index in [9.17, 15) is 14.7 Å². The Bertz CT molecular complexity index is 523. The van der Waals surface area contributed by atoms with E-state index < -0.39 is 12.0 Å². The Balaban J connectivity index is 2.18. The van der Waals surface area contributed by atoms with Crippen molar-refractivity contribution in [3.63, 3.8) is 0 Å². The van der Waals surface area contributed by atoms with Crippen LogP contribution in [-0.2, 0) is 16.0 Å². The SMILES string of the molecule is O=C(O)[C@H](Cc1ccccc1Cl)N1CC(CBr)CC1=O. The van der Waals surface area contributed by atoms with Crippen molar-refractivity contribution in [1.29, 1.82) is 0 Å². The first kappa shape index (κ1) is 15.3. The standard InChI is InChI=1S/C14H15BrClNO3/c15-7-9-5-13(18)17(8-9)12(14(19)20)6-10-3-1-2-4-11(10)16/h1-4,9,12H,5-8H2,(H,19,20)/t9?,12-/m0/s1. The molecule has 1 aliphatic rings. The maximum Gasteiger partial charge on any atom is 0.326 e. The van der Waals surface area contributed by atoms with E-state index in [0.29, 0.717) is 23.3 Å². The molecule has 1 fully saturated rings. The molecule has 2 atom stereocenters. The summed E-state index contributed by atoms with van der Waals surface area (Å²) in [5.74, 6) is -0.919. The molecule has 0 bridgehead atoms. The van der Waals surface area contributed by atoms with Crippen molar-refractivity contribution in [2.45, 2.75) is 18.9 Å². The molecule has 20 heavy (non-hydrogen) atoms. The van der Waals surface area contributed by atoms with Crippen LogP contribution in [0.5, 0.6) is 0 Å². The molecule has 0 aliphatic carbocycles. The minimum atomic E-state index is -0.992. The Hall–Kier alpha value is -1.07. The summed E-state index contributed by atoms with van der Waals surface area (Å²) < 4.78 is 0. The van der Waals surface area contributed by atoms with Crippen LogP contribution in [0.3, 0.4) is 0 Å². The average molecular weight is 361 g/mol. The zero-order valence-electron chi connectivity index (χ0n) is 10.8. The van der Waals surface area contributed by atoms with Crippen LogP contribution in [0.1, 0.15) is 12.0 Å². The van der Waals surface area contributed by atoms with Crippen molar-refractivity contribution in [3.8, 4) is 0 Å². The van der Waals surface area contributed by atoms with Crippen LogP contribution in [0.4, 0.5) is 0 Å². The lowest BCUT2D eigenvalue weighted by Crippen LogP contribution is -2.43. The summed E-state index contributed by atoms with van der Waals surface area (Å²) in [4.78, 5) is 24.9. The molecule has 0 saturated carbocycles. The van der Waals surface area contributed by atoms with Crippen molar-refractivity contribution in [1.82, 2.24) is 4.90 Å². The topological polar surface area (TPSA) is 57.6 Å². The highest BCUT2D eigenvalue weighted by molar-refractivity contribution is 9.09. The van der Waals surface area contributed by atoms with E-state index in [0.717, 1.165) is 5.56 Å². The van der Waals surface area contributed by atoms with Gasteiger partial charge in [0.25, 0.3) is 0 Å². The minimum absolute atomic E-state index is 0.103. The summed E-state index contributed by atoms with van der Waals surface area (Å²) in [6.45, 7) is 0.478. The lowest BCUT2D eigenvalue weighted by atomic mass is 10.0. The van der Waals surface area contributed by atoms with E-state index in [2.05, 4.69) is 15.9 Å². The number of carbonyl (C=O) groups is 2. The molecular formula is C14H15BrClNO3. The second kappa shape index (κ2) is 6.59. The molecule has 0 radical (unpaired) electrons. The molecule has 1 amide bonds. The van der Waals surface area contributed by atoms with Gasteiger partial charge in [0, 0.05) is 29.7 Å². The Kier molecular flexibility index (Phi) is 5.05. The number of alkyl halides is 1. The van der Waals surface area contributed by atoms with Crippen molar-refractivity contribution >= 4 is 39.4 Å². The zero-order valence-corrected chi connectivity index (χ0v) is 13.1. The first-order chi connectivity index (χ1) is 9.52. The van der Waals surface area contributed by atoms with Crippen LogP contribution in [0.25, 0.3) is 0 Å². The average Bonchev–Trinajstić information content (AvgIpc) is 2.78. The first-order valence-electron chi connectivity index (χ1n) is 6.34. The molecule has 1 unspecified atom stereocenters. The number of nitrogens with zero attached hydrogens (tertiary/aromatic N) is 1. The number of aliphatic carboxylic acids is 1. The maximum atomic E-state index is 12.0. The number of benzene rings is 1. The summed E-state index contributed by atoms with van der Waals surface area (Å²) in [5, 5.41) is 10.6. The number of carboxylic acid groups (broad SMARTS) is 1. The van der Waals surface area contributed by atoms with E-state index in [4.69, 9.17) is 11.6 Å². The highest BCUT2D eigenvalue weighted by atomic mass is 79.9. The van der Waals surface area contributed by atoms with E-state index in [1.807, 2.05) is 6.07 Å². The Morgan fingerprint density at radius 2 is 2.20 bits per heavy atom. The van der Waals surface area contributed by atoms with Gasteiger partial charge in [-0.2, -0.15) is 0 Å². The summed E-state index contributed by atoms with van der Waals surface area (Å²) in [7, 11) is 0. The van der Waals surface area contributed by atoms with Gasteiger partial charge < -0.3 is 10.0 Å². The molecule has 1 aliphatic heterocycles. The van der Waals surface area contributed by atoms with Gasteiger partial charge >= 0.3 is 5.97 Å². The highest BCUT2D eigenvalue weighted by Gasteiger charge is 2.37. The van der Waals surface area contributed by atoms with Crippen LogP contribution >= 0.6 is 27.5 Å². The monoisotopic (exact) mass is 359 g/mol. The normalized spacial score (nSPS) is 20.2. The number of likely N-dealkylation sites (tertiary alicyclic amines) is 1. The molecule has 1 N–H and O–H groups in total. The summed E-state index contributed by atoms with van der Waals surface area (Å²) in [6, 6.07) is 6.27. The number of halogens is 2. The molecule has 0 spiro atoms. The molecule has 1 saturated heterocycles. The molecule has 6 heteroatoms. The fourth-order valence-corrected chi connectivity index (χ4v) is 3.06. The molecule has 2 rings (SSSR count). The van der Waals surface area contributed by atoms with Crippen molar-refractivity contribution in [3.05, 3.63) is 34.9 Å². The van der Waals surface area contributed by atoms with Crippen LogP contribution in [-0.4, -0.2) is 39.8 Å². The lowest BCUT2D eigenvalue weighted by molar-refractivity contribution is -0.148. The molecular weight excluding hydrogens is 346 g/mol. The maximum absolute atomic E-state index is 12.0. The van der Waals surface area contributed by atoms with Crippen LogP contribution < -0.4 is 0 Å². The number of rotatable bonds is 5. The number of carbonyl (C=O) groups excluding carboxylic acids is 1. The van der Waals surface area contributed by atoms with Crippen molar-refractivity contribution in [2.24, 2.45) is 5.92 Å². The third-order valence-electron chi connectivity index (χ3n) is 3.49. The van der Waals surface area contributed by atoms with E-state index in [1.165, 1.54) is 4.90 Å². The third kappa shape index (κ3) is 3.33. The number of hydrogen-bond donors (Lipinski definition) is 1. The lowest BCUT2D eigenvalue weighted by Gasteiger charge is -2.25. The van der Waals surface area contributed by atoms with Gasteiger partial charge in [-0.15, -0.1) is 0 Å². The van der Waals surface area contributed by atoms with Crippen molar-refractivity contribution < 1.29 is 14.7 Å². The Labute approximate surface area is 130 Å². The Morgan fingerprint density at radius 3 is 2.75 bits per heavy atom. The third-order valence-corrected chi connectivity index (χ3v) is 4.77. The fourth-order valence-electron chi connectivity index (χ4n) is 2.42. The van der Waals surface area contributed by atoms with E-state index in [1.54, 1.807) is 18.2 Å². The van der Waals surface area contributed by atoms with Crippen LogP contribution in [0, 0.1) is 5.92 Å². The molecule has 108 valence electrons. The molecule has 1 aromatic carbocycles. The van der Waals surface area contributed by atoms with E-state index in [-0.39, 0.29) is 18.2 Å². The predicted octanol–water partition coefficient (Wildman–Crippen LogP) is 2.58. The van der Waals surface area contributed by atoms with Gasteiger partial charge in [-0.05, 0) is 17.5 Å². The predicted molar refractivity (Wildman–Crippen MR) is 80.2 cm³/mol. The number of carboxylic acids is 1. The highest BCUT2D eigenvalue weighted by Crippen LogP contribution is 2.25. The number of hydrogen-bond acceptors (Lipinski definition) is 2. The van der Waals surface area contributed by atoms with Gasteiger partial charge in [-0.25, -0.2) is 4.79 Å². The van der Waals surface area contributed by atoms with Gasteiger partial charge in [0.1, 0.15) is 6.04 Å². The first-order valence-corrected chi connectivity index (χ1v) is 7.84. The largest absolute Gasteiger partial charge is 0.480 e. The second-order valence-electron chi connectivity index (χ2n) is 4.92. The number of amides is 1. The van der Waals surface area contributed by atoms with Gasteiger partial charge in [0.05, 0.1) is 0 Å². The Morgan fingerprint density at radius 1 is 1.50 bits per heavy atom. The summed E-state index contributed by atoms with van der Waals surface area (Å²) >= 11 is 9.42. The smallest absolute Gasteiger partial charge is 0.326 e. The fraction of sp³-hybridized carbons (Fsp3) is 0.429. The van der Waals surface area contributed by atoms with Crippen LogP contribution in [0.2, 0.25) is 5.02 Å². The van der Waals surface area contributed by atoms with E-state index >= 15 is 0 Å². The summed E-state index contributed by atoms with van der Waals surface area (Å²) in [5.41, 5.74) is 0.747. The molecule has 4 nitrogen and oxygen atoms in total. The summed E-state index contributed by atoms with van der Waals surface area (Å²) in [6.07, 6.45) is 0.632. The molecule has 1 heterocycles. The van der Waals surface area contributed by atoms with Crippen LogP contribution in [0.15, 0.2) is 24.3 Å². The van der Waals surface area contributed by atoms with Gasteiger partial charge in [0.15, 0.2) is 0 Å². The quantitative estimate of drug-likeness (QED) is 0.821. The minimum Gasteiger partial charge on any atom is -0.480 e. The van der Waals surface area contributed by atoms with Crippen molar-refractivity contribution in [2.75, 3.05) is 11.9 Å². The molecule has 1 aromatic rings. The van der Waals surface area contributed by atoms with Gasteiger partial charge in [0.2, 0.25) is 5.91 Å². The second-order valence-corrected chi connectivity index (χ2v) is 5.97. The van der Waals surface area contributed by atoms with Gasteiger partial charge in [-0.1, -0.05) is 45.7 Å². The van der Waals surface area contributed by atoms with Gasteiger partial charge in [-0.3, -0.25) is 4.79 Å². The molecule has 0 aromatic heterocycles.